The molecule has 18 heavy (non-hydrogen) atoms. The number of nitrogens with one attached hydrogen (secondary N) is 1. The quantitative estimate of drug-likeness (QED) is 0.830. The number of aromatic amines is 1. The Kier molecular flexibility index (Phi) is 2.63. The molecule has 0 atom stereocenters. The Balaban J connectivity index is 1.81. The van der Waals surface area contributed by atoms with Gasteiger partial charge >= 0.3 is 0 Å². The molecule has 2 aromatic heterocycles. The van der Waals surface area contributed by atoms with Crippen molar-refractivity contribution < 1.29 is 9.21 Å². The molecule has 5 heteroatoms. The summed E-state index contributed by atoms with van der Waals surface area (Å²) in [5.74, 6) is 0.919. The van der Waals surface area contributed by atoms with Crippen molar-refractivity contribution in [2.24, 2.45) is 0 Å². The summed E-state index contributed by atoms with van der Waals surface area (Å²) in [7, 11) is 2.08. The van der Waals surface area contributed by atoms with Gasteiger partial charge in [0.25, 0.3) is 5.91 Å². The number of carbonyl (C=O) groups is 1. The first-order valence-corrected chi connectivity index (χ1v) is 6.20. The van der Waals surface area contributed by atoms with Gasteiger partial charge in [0.05, 0.1) is 5.52 Å². The SMILES string of the molecule is Cc1cc2[nH]c(C(=O)N3CCN(C)CC3)cc2o1. The van der Waals surface area contributed by atoms with Crippen LogP contribution in [-0.4, -0.2) is 53.9 Å². The summed E-state index contributed by atoms with van der Waals surface area (Å²) in [6.45, 7) is 5.34. The summed E-state index contributed by atoms with van der Waals surface area (Å²) in [6.07, 6.45) is 0. The maximum atomic E-state index is 12.3. The number of carbonyl (C=O) groups excluding carboxylic acids is 1. The first-order valence-electron chi connectivity index (χ1n) is 6.20. The van der Waals surface area contributed by atoms with E-state index in [-0.39, 0.29) is 5.91 Å². The lowest BCUT2D eigenvalue weighted by Gasteiger charge is -2.32. The Morgan fingerprint density at radius 1 is 1.28 bits per heavy atom. The molecule has 0 saturated carbocycles. The van der Waals surface area contributed by atoms with E-state index in [1.165, 1.54) is 0 Å². The standard InChI is InChI=1S/C13H17N3O2/c1-9-7-10-12(18-9)8-11(14-10)13(17)16-5-3-15(2)4-6-16/h7-8,14H,3-6H2,1-2H3. The summed E-state index contributed by atoms with van der Waals surface area (Å²) < 4.78 is 5.49. The number of hydrogen-bond donors (Lipinski definition) is 1. The van der Waals surface area contributed by atoms with E-state index in [1.54, 1.807) is 6.07 Å². The van der Waals surface area contributed by atoms with E-state index >= 15 is 0 Å². The molecule has 0 aliphatic carbocycles. The van der Waals surface area contributed by atoms with E-state index in [2.05, 4.69) is 16.9 Å². The van der Waals surface area contributed by atoms with Gasteiger partial charge in [0.2, 0.25) is 0 Å². The van der Waals surface area contributed by atoms with Gasteiger partial charge in [0.1, 0.15) is 11.5 Å². The van der Waals surface area contributed by atoms with Crippen molar-refractivity contribution in [2.75, 3.05) is 33.2 Å². The molecular weight excluding hydrogens is 230 g/mol. The molecule has 1 saturated heterocycles. The lowest BCUT2D eigenvalue weighted by Crippen LogP contribution is -2.47. The third-order valence-electron chi connectivity index (χ3n) is 3.45. The van der Waals surface area contributed by atoms with Crippen LogP contribution in [0.1, 0.15) is 16.2 Å². The molecule has 2 aromatic rings. The molecule has 1 aliphatic heterocycles. The molecule has 1 fully saturated rings. The van der Waals surface area contributed by atoms with Crippen LogP contribution in [0.4, 0.5) is 0 Å². The summed E-state index contributed by atoms with van der Waals surface area (Å²) >= 11 is 0. The third kappa shape index (κ3) is 1.90. The minimum Gasteiger partial charge on any atom is -0.460 e. The number of aromatic nitrogens is 1. The van der Waals surface area contributed by atoms with Crippen molar-refractivity contribution in [1.29, 1.82) is 0 Å². The highest BCUT2D eigenvalue weighted by Crippen LogP contribution is 2.20. The van der Waals surface area contributed by atoms with Crippen LogP contribution in [-0.2, 0) is 0 Å². The fraction of sp³-hybridized carbons (Fsp3) is 0.462. The zero-order valence-electron chi connectivity index (χ0n) is 10.7. The lowest BCUT2D eigenvalue weighted by molar-refractivity contribution is 0.0659. The van der Waals surface area contributed by atoms with Gasteiger partial charge in [-0.1, -0.05) is 0 Å². The molecule has 5 nitrogen and oxygen atoms in total. The number of nitrogens with zero attached hydrogens (tertiary/aromatic N) is 2. The van der Waals surface area contributed by atoms with Gasteiger partial charge in [-0.05, 0) is 14.0 Å². The molecule has 0 aromatic carbocycles. The van der Waals surface area contributed by atoms with Crippen LogP contribution in [0.15, 0.2) is 16.5 Å². The molecule has 3 rings (SSSR count). The molecule has 1 amide bonds. The Labute approximate surface area is 105 Å². The summed E-state index contributed by atoms with van der Waals surface area (Å²) in [6, 6.07) is 3.71. The van der Waals surface area contributed by atoms with E-state index in [1.807, 2.05) is 17.9 Å². The molecule has 0 bridgehead atoms. The van der Waals surface area contributed by atoms with Crippen LogP contribution in [0.3, 0.4) is 0 Å². The van der Waals surface area contributed by atoms with E-state index in [0.717, 1.165) is 43.0 Å². The minimum absolute atomic E-state index is 0.0622. The highest BCUT2D eigenvalue weighted by molar-refractivity contribution is 5.97. The number of fused-ring (bicyclic) bond motifs is 1. The van der Waals surface area contributed by atoms with Gasteiger partial charge < -0.3 is 19.2 Å². The zero-order valence-corrected chi connectivity index (χ0v) is 10.7. The van der Waals surface area contributed by atoms with Gasteiger partial charge in [-0.25, -0.2) is 0 Å². The highest BCUT2D eigenvalue weighted by atomic mass is 16.3. The fourth-order valence-electron chi connectivity index (χ4n) is 2.34. The molecule has 0 spiro atoms. The van der Waals surface area contributed by atoms with E-state index in [9.17, 15) is 4.79 Å². The molecule has 0 radical (unpaired) electrons. The second-order valence-electron chi connectivity index (χ2n) is 4.91. The number of H-pyrrole nitrogens is 1. The largest absolute Gasteiger partial charge is 0.460 e. The minimum atomic E-state index is 0.0622. The number of piperazine rings is 1. The van der Waals surface area contributed by atoms with E-state index in [4.69, 9.17) is 4.42 Å². The number of likely N-dealkylation sites (N-methyl/N-ethyl adjacent to an activating group) is 1. The average molecular weight is 247 g/mol. The van der Waals surface area contributed by atoms with Gasteiger partial charge in [0, 0.05) is 38.3 Å². The lowest BCUT2D eigenvalue weighted by atomic mass is 10.3. The number of hydrogen-bond acceptors (Lipinski definition) is 3. The molecule has 3 heterocycles. The van der Waals surface area contributed by atoms with Crippen LogP contribution in [0.25, 0.3) is 11.1 Å². The summed E-state index contributed by atoms with van der Waals surface area (Å²) in [5, 5.41) is 0. The third-order valence-corrected chi connectivity index (χ3v) is 3.45. The number of furan rings is 1. The number of aryl methyl sites for hydroxylation is 1. The van der Waals surface area contributed by atoms with E-state index < -0.39 is 0 Å². The predicted octanol–water partition coefficient (Wildman–Crippen LogP) is 1.46. The van der Waals surface area contributed by atoms with Crippen molar-refractivity contribution in [3.05, 3.63) is 23.6 Å². The van der Waals surface area contributed by atoms with Crippen molar-refractivity contribution in [3.63, 3.8) is 0 Å². The topological polar surface area (TPSA) is 52.5 Å². The molecule has 96 valence electrons. The van der Waals surface area contributed by atoms with E-state index in [0.29, 0.717) is 5.69 Å². The maximum absolute atomic E-state index is 12.3. The Bertz CT molecular complexity index is 545. The van der Waals surface area contributed by atoms with Crippen LogP contribution < -0.4 is 0 Å². The smallest absolute Gasteiger partial charge is 0.270 e. The molecule has 1 aliphatic rings. The fourth-order valence-corrected chi connectivity index (χ4v) is 2.34. The maximum Gasteiger partial charge on any atom is 0.270 e. The molecule has 0 unspecified atom stereocenters. The van der Waals surface area contributed by atoms with Gasteiger partial charge in [-0.2, -0.15) is 0 Å². The van der Waals surface area contributed by atoms with Crippen LogP contribution in [0.2, 0.25) is 0 Å². The highest BCUT2D eigenvalue weighted by Gasteiger charge is 2.22. The van der Waals surface area contributed by atoms with Crippen molar-refractivity contribution in [1.82, 2.24) is 14.8 Å². The van der Waals surface area contributed by atoms with Crippen LogP contribution >= 0.6 is 0 Å². The first-order chi connectivity index (χ1) is 8.63. The average Bonchev–Trinajstić information content (AvgIpc) is 2.86. The second-order valence-corrected chi connectivity index (χ2v) is 4.91. The molecule has 1 N–H and O–H groups in total. The predicted molar refractivity (Wildman–Crippen MR) is 68.7 cm³/mol. The second kappa shape index (κ2) is 4.17. The first kappa shape index (κ1) is 11.3. The normalized spacial score (nSPS) is 17.6. The van der Waals surface area contributed by atoms with Crippen molar-refractivity contribution in [3.8, 4) is 0 Å². The summed E-state index contributed by atoms with van der Waals surface area (Å²) in [5.41, 5.74) is 2.27. The monoisotopic (exact) mass is 247 g/mol. The van der Waals surface area contributed by atoms with Crippen LogP contribution in [0.5, 0.6) is 0 Å². The Hall–Kier alpha value is -1.75. The molecular formula is C13H17N3O2. The van der Waals surface area contributed by atoms with Crippen LogP contribution in [0, 0.1) is 6.92 Å². The van der Waals surface area contributed by atoms with Crippen molar-refractivity contribution >= 4 is 17.0 Å². The van der Waals surface area contributed by atoms with Gasteiger partial charge in [0.15, 0.2) is 5.58 Å². The number of rotatable bonds is 1. The van der Waals surface area contributed by atoms with Crippen molar-refractivity contribution in [2.45, 2.75) is 6.92 Å². The Morgan fingerprint density at radius 2 is 2.00 bits per heavy atom. The number of amides is 1. The zero-order chi connectivity index (χ0) is 12.7. The van der Waals surface area contributed by atoms with Gasteiger partial charge in [-0.3, -0.25) is 4.79 Å². The van der Waals surface area contributed by atoms with Gasteiger partial charge in [-0.15, -0.1) is 0 Å². The summed E-state index contributed by atoms with van der Waals surface area (Å²) in [4.78, 5) is 19.5. The Morgan fingerprint density at radius 3 is 2.67 bits per heavy atom.